The molecule has 4 nitrogen and oxygen atoms in total. The summed E-state index contributed by atoms with van der Waals surface area (Å²) in [4.78, 5) is 2.66. The molecule has 28 heavy (non-hydrogen) atoms. The average molecular weight is 382 g/mol. The van der Waals surface area contributed by atoms with Gasteiger partial charge in [-0.25, -0.2) is 0 Å². The molecule has 2 aromatic carbocycles. The molecule has 0 amide bonds. The smallest absolute Gasteiger partial charge is 0.161 e. The van der Waals surface area contributed by atoms with Gasteiger partial charge in [0.05, 0.1) is 21.3 Å². The van der Waals surface area contributed by atoms with E-state index in [4.69, 9.17) is 14.2 Å². The number of rotatable bonds is 4. The highest BCUT2D eigenvalue weighted by Gasteiger charge is 2.38. The quantitative estimate of drug-likeness (QED) is 0.761. The lowest BCUT2D eigenvalue weighted by Crippen LogP contribution is -2.42. The van der Waals surface area contributed by atoms with Crippen molar-refractivity contribution in [2.24, 2.45) is 0 Å². The summed E-state index contributed by atoms with van der Waals surface area (Å²) in [6.07, 6.45) is 3.04. The summed E-state index contributed by atoms with van der Waals surface area (Å²) in [7, 11) is 5.20. The normalized spacial score (nSPS) is 20.8. The van der Waals surface area contributed by atoms with E-state index in [1.807, 2.05) is 0 Å². The summed E-state index contributed by atoms with van der Waals surface area (Å²) in [6.45, 7) is 7.91. The zero-order valence-corrected chi connectivity index (χ0v) is 17.9. The molecule has 2 aliphatic rings. The maximum atomic E-state index is 5.74. The zero-order chi connectivity index (χ0) is 20.0. The van der Waals surface area contributed by atoms with E-state index in [0.29, 0.717) is 12.1 Å². The monoisotopic (exact) mass is 381 g/mol. The average Bonchev–Trinajstić information content (AvgIpc) is 2.72. The zero-order valence-electron chi connectivity index (χ0n) is 17.9. The number of hydrogen-bond acceptors (Lipinski definition) is 4. The molecule has 0 N–H and O–H groups in total. The Labute approximate surface area is 168 Å². The summed E-state index contributed by atoms with van der Waals surface area (Å²) in [5.74, 6) is 2.67. The molecule has 2 aromatic rings. The van der Waals surface area contributed by atoms with E-state index in [1.54, 1.807) is 21.3 Å². The van der Waals surface area contributed by atoms with Crippen molar-refractivity contribution in [3.05, 3.63) is 51.6 Å². The molecule has 0 fully saturated rings. The van der Waals surface area contributed by atoms with Crippen LogP contribution in [-0.2, 0) is 19.3 Å². The van der Waals surface area contributed by atoms with Crippen LogP contribution in [0, 0.1) is 6.92 Å². The second-order valence-corrected chi connectivity index (χ2v) is 7.90. The van der Waals surface area contributed by atoms with E-state index in [0.717, 1.165) is 43.1 Å². The van der Waals surface area contributed by atoms with Gasteiger partial charge >= 0.3 is 0 Å². The maximum Gasteiger partial charge on any atom is 0.161 e. The Hall–Kier alpha value is -2.20. The molecule has 150 valence electrons. The van der Waals surface area contributed by atoms with Crippen LogP contribution in [0.15, 0.2) is 18.2 Å². The molecule has 4 rings (SSSR count). The van der Waals surface area contributed by atoms with Gasteiger partial charge in [0.2, 0.25) is 0 Å². The fraction of sp³-hybridized carbons (Fsp3) is 0.500. The Bertz CT molecular complexity index is 905. The predicted octanol–water partition coefficient (Wildman–Crippen LogP) is 4.80. The largest absolute Gasteiger partial charge is 0.496 e. The standard InChI is InChI=1S/C24H31NO3/c1-7-18-14(2)24-15(3)25-9-8-16-11-22(27-5)23(28-6)13-19(16)20(25)10-17(24)12-21(18)26-4/h11-13,15,20H,7-10H2,1-6H3. The lowest BCUT2D eigenvalue weighted by atomic mass is 9.78. The van der Waals surface area contributed by atoms with Gasteiger partial charge in [-0.15, -0.1) is 0 Å². The molecular weight excluding hydrogens is 350 g/mol. The van der Waals surface area contributed by atoms with Crippen LogP contribution < -0.4 is 14.2 Å². The van der Waals surface area contributed by atoms with Gasteiger partial charge in [0.25, 0.3) is 0 Å². The molecule has 0 bridgehead atoms. The minimum absolute atomic E-state index is 0.364. The second kappa shape index (κ2) is 7.32. The minimum atomic E-state index is 0.364. The van der Waals surface area contributed by atoms with Crippen molar-refractivity contribution in [2.45, 2.75) is 52.1 Å². The minimum Gasteiger partial charge on any atom is -0.496 e. The molecule has 2 aliphatic heterocycles. The van der Waals surface area contributed by atoms with Gasteiger partial charge in [-0.05, 0) is 84.7 Å². The SMILES string of the molecule is CCc1c(OC)cc2c(c1C)C(C)N1CCc3cc(OC)c(OC)cc3C1C2. The Balaban J connectivity index is 1.84. The Morgan fingerprint density at radius 2 is 1.61 bits per heavy atom. The first-order valence-electron chi connectivity index (χ1n) is 10.2. The summed E-state index contributed by atoms with van der Waals surface area (Å²) in [5.41, 5.74) is 8.41. The predicted molar refractivity (Wildman–Crippen MR) is 112 cm³/mol. The van der Waals surface area contributed by atoms with E-state index in [9.17, 15) is 0 Å². The van der Waals surface area contributed by atoms with Crippen LogP contribution >= 0.6 is 0 Å². The highest BCUT2D eigenvalue weighted by Crippen LogP contribution is 2.48. The van der Waals surface area contributed by atoms with E-state index in [2.05, 4.69) is 43.9 Å². The highest BCUT2D eigenvalue weighted by atomic mass is 16.5. The van der Waals surface area contributed by atoms with Crippen molar-refractivity contribution in [1.82, 2.24) is 4.90 Å². The number of hydrogen-bond donors (Lipinski definition) is 0. The van der Waals surface area contributed by atoms with E-state index in [1.165, 1.54) is 33.4 Å². The molecular formula is C24H31NO3. The number of benzene rings is 2. The van der Waals surface area contributed by atoms with Crippen LogP contribution in [0.5, 0.6) is 17.2 Å². The van der Waals surface area contributed by atoms with Gasteiger partial charge in [0.1, 0.15) is 5.75 Å². The van der Waals surface area contributed by atoms with E-state index < -0.39 is 0 Å². The molecule has 2 heterocycles. The fourth-order valence-corrected chi connectivity index (χ4v) is 5.40. The molecule has 2 unspecified atom stereocenters. The van der Waals surface area contributed by atoms with Gasteiger partial charge in [-0.1, -0.05) is 6.92 Å². The maximum absolute atomic E-state index is 5.74. The molecule has 0 aromatic heterocycles. The van der Waals surface area contributed by atoms with Crippen LogP contribution in [0.25, 0.3) is 0 Å². The van der Waals surface area contributed by atoms with E-state index >= 15 is 0 Å². The third-order valence-electron chi connectivity index (χ3n) is 6.75. The van der Waals surface area contributed by atoms with Crippen LogP contribution in [-0.4, -0.2) is 32.8 Å². The first-order chi connectivity index (χ1) is 13.5. The topological polar surface area (TPSA) is 30.9 Å². The Kier molecular flexibility index (Phi) is 5.00. The fourth-order valence-electron chi connectivity index (χ4n) is 5.40. The summed E-state index contributed by atoms with van der Waals surface area (Å²) >= 11 is 0. The Morgan fingerprint density at radius 3 is 2.25 bits per heavy atom. The van der Waals surface area contributed by atoms with Crippen LogP contribution in [0.1, 0.15) is 59.3 Å². The molecule has 0 saturated heterocycles. The molecule has 0 spiro atoms. The molecule has 4 heteroatoms. The van der Waals surface area contributed by atoms with Gasteiger partial charge in [-0.2, -0.15) is 0 Å². The van der Waals surface area contributed by atoms with E-state index in [-0.39, 0.29) is 0 Å². The summed E-state index contributed by atoms with van der Waals surface area (Å²) < 4.78 is 16.9. The second-order valence-electron chi connectivity index (χ2n) is 7.90. The lowest BCUT2D eigenvalue weighted by Gasteiger charge is -2.46. The van der Waals surface area contributed by atoms with Gasteiger partial charge in [0.15, 0.2) is 11.5 Å². The molecule has 0 aliphatic carbocycles. The number of ether oxygens (including phenoxy) is 3. The molecule has 0 radical (unpaired) electrons. The third kappa shape index (κ3) is 2.77. The first kappa shape index (κ1) is 19.1. The highest BCUT2D eigenvalue weighted by molar-refractivity contribution is 5.55. The number of nitrogens with zero attached hydrogens (tertiary/aromatic N) is 1. The third-order valence-corrected chi connectivity index (χ3v) is 6.75. The number of fused-ring (bicyclic) bond motifs is 4. The Morgan fingerprint density at radius 1 is 0.964 bits per heavy atom. The van der Waals surface area contributed by atoms with Gasteiger partial charge in [-0.3, -0.25) is 4.90 Å². The van der Waals surface area contributed by atoms with Crippen LogP contribution in [0.2, 0.25) is 0 Å². The van der Waals surface area contributed by atoms with Gasteiger partial charge in [0, 0.05) is 18.6 Å². The van der Waals surface area contributed by atoms with Crippen molar-refractivity contribution in [1.29, 1.82) is 0 Å². The van der Waals surface area contributed by atoms with Crippen molar-refractivity contribution < 1.29 is 14.2 Å². The summed E-state index contributed by atoms with van der Waals surface area (Å²) in [6, 6.07) is 7.39. The van der Waals surface area contributed by atoms with Crippen molar-refractivity contribution in [3.8, 4) is 17.2 Å². The lowest BCUT2D eigenvalue weighted by molar-refractivity contribution is 0.116. The van der Waals surface area contributed by atoms with Crippen LogP contribution in [0.3, 0.4) is 0 Å². The number of methoxy groups -OCH3 is 3. The summed E-state index contributed by atoms with van der Waals surface area (Å²) in [5, 5.41) is 0. The van der Waals surface area contributed by atoms with Crippen molar-refractivity contribution >= 4 is 0 Å². The van der Waals surface area contributed by atoms with Crippen LogP contribution in [0.4, 0.5) is 0 Å². The first-order valence-corrected chi connectivity index (χ1v) is 10.2. The van der Waals surface area contributed by atoms with Crippen molar-refractivity contribution in [2.75, 3.05) is 27.9 Å². The van der Waals surface area contributed by atoms with Crippen molar-refractivity contribution in [3.63, 3.8) is 0 Å². The molecule has 2 atom stereocenters. The molecule has 0 saturated carbocycles. The van der Waals surface area contributed by atoms with Gasteiger partial charge < -0.3 is 14.2 Å².